The normalized spacial score (nSPS) is 20.8. The Morgan fingerprint density at radius 1 is 1.53 bits per heavy atom. The Balaban J connectivity index is 2.13. The summed E-state index contributed by atoms with van der Waals surface area (Å²) in [6.07, 6.45) is 2.88. The molecule has 102 valence electrons. The number of rotatable bonds is 4. The van der Waals surface area contributed by atoms with Gasteiger partial charge in [0.15, 0.2) is 0 Å². The minimum atomic E-state index is -0.905. The van der Waals surface area contributed by atoms with Crippen molar-refractivity contribution in [3.8, 4) is 0 Å². The molecule has 1 saturated heterocycles. The van der Waals surface area contributed by atoms with Gasteiger partial charge in [-0.05, 0) is 24.1 Å². The van der Waals surface area contributed by atoms with E-state index < -0.39 is 5.97 Å². The highest BCUT2D eigenvalue weighted by Crippen LogP contribution is 2.20. The lowest BCUT2D eigenvalue weighted by molar-refractivity contribution is -0.131. The first kappa shape index (κ1) is 14.2. The van der Waals surface area contributed by atoms with Crippen molar-refractivity contribution in [2.24, 2.45) is 0 Å². The summed E-state index contributed by atoms with van der Waals surface area (Å²) < 4.78 is 0. The maximum absolute atomic E-state index is 10.6. The van der Waals surface area contributed by atoms with Gasteiger partial charge in [-0.2, -0.15) is 11.8 Å². The molecule has 1 aliphatic rings. The molecule has 1 aromatic carbocycles. The Hall–Kier alpha value is -1.26. The molecule has 0 radical (unpaired) electrons. The van der Waals surface area contributed by atoms with Crippen LogP contribution in [0.2, 0.25) is 0 Å². The number of carboxylic acids is 1. The monoisotopic (exact) mass is 277 g/mol. The van der Waals surface area contributed by atoms with Crippen LogP contribution in [0.1, 0.15) is 18.1 Å². The number of carboxylic acid groups (broad SMARTS) is 1. The van der Waals surface area contributed by atoms with Gasteiger partial charge in [-0.15, -0.1) is 0 Å². The number of thioether (sulfide) groups is 1. The van der Waals surface area contributed by atoms with E-state index in [4.69, 9.17) is 5.11 Å². The first-order valence-electron chi connectivity index (χ1n) is 6.47. The summed E-state index contributed by atoms with van der Waals surface area (Å²) in [7, 11) is 0. The Morgan fingerprint density at radius 3 is 3.05 bits per heavy atom. The summed E-state index contributed by atoms with van der Waals surface area (Å²) in [4.78, 5) is 13.1. The van der Waals surface area contributed by atoms with E-state index in [9.17, 15) is 4.79 Å². The average molecular weight is 277 g/mol. The second kappa shape index (κ2) is 6.78. The maximum Gasteiger partial charge on any atom is 0.328 e. The van der Waals surface area contributed by atoms with E-state index in [1.54, 1.807) is 6.08 Å². The van der Waals surface area contributed by atoms with Crippen LogP contribution < -0.4 is 0 Å². The lowest BCUT2D eigenvalue weighted by atomic mass is 10.1. The lowest BCUT2D eigenvalue weighted by Crippen LogP contribution is -2.39. The van der Waals surface area contributed by atoms with E-state index in [0.29, 0.717) is 6.04 Å². The smallest absolute Gasteiger partial charge is 0.328 e. The highest BCUT2D eigenvalue weighted by Gasteiger charge is 2.19. The molecule has 2 rings (SSSR count). The van der Waals surface area contributed by atoms with Crippen LogP contribution in [0, 0.1) is 0 Å². The van der Waals surface area contributed by atoms with E-state index >= 15 is 0 Å². The molecule has 0 amide bonds. The second-order valence-electron chi connectivity index (χ2n) is 4.76. The minimum Gasteiger partial charge on any atom is -0.478 e. The first-order valence-corrected chi connectivity index (χ1v) is 7.63. The average Bonchev–Trinajstić information content (AvgIpc) is 2.40. The molecule has 4 heteroatoms. The van der Waals surface area contributed by atoms with Gasteiger partial charge in [0, 0.05) is 36.7 Å². The van der Waals surface area contributed by atoms with E-state index in [0.717, 1.165) is 18.7 Å². The van der Waals surface area contributed by atoms with Crippen LogP contribution in [0.3, 0.4) is 0 Å². The fourth-order valence-electron chi connectivity index (χ4n) is 2.22. The zero-order valence-electron chi connectivity index (χ0n) is 11.1. The number of carbonyl (C=O) groups is 1. The van der Waals surface area contributed by atoms with Gasteiger partial charge in [0.1, 0.15) is 0 Å². The first-order chi connectivity index (χ1) is 9.16. The second-order valence-corrected chi connectivity index (χ2v) is 5.91. The van der Waals surface area contributed by atoms with Crippen molar-refractivity contribution >= 4 is 23.8 Å². The number of hydrogen-bond donors (Lipinski definition) is 1. The molecule has 1 atom stereocenters. The fourth-order valence-corrected chi connectivity index (χ4v) is 3.30. The lowest BCUT2D eigenvalue weighted by Gasteiger charge is -2.33. The van der Waals surface area contributed by atoms with Crippen molar-refractivity contribution in [3.05, 3.63) is 41.5 Å². The molecule has 1 heterocycles. The fraction of sp³-hybridized carbons (Fsp3) is 0.400. The summed E-state index contributed by atoms with van der Waals surface area (Å²) in [5.41, 5.74) is 2.19. The van der Waals surface area contributed by atoms with E-state index in [2.05, 4.69) is 17.9 Å². The van der Waals surface area contributed by atoms with Crippen molar-refractivity contribution in [2.45, 2.75) is 19.5 Å². The quantitative estimate of drug-likeness (QED) is 0.859. The van der Waals surface area contributed by atoms with Gasteiger partial charge in [0.2, 0.25) is 0 Å². The zero-order valence-corrected chi connectivity index (χ0v) is 11.9. The third-order valence-electron chi connectivity index (χ3n) is 3.34. The van der Waals surface area contributed by atoms with Gasteiger partial charge in [0.05, 0.1) is 0 Å². The van der Waals surface area contributed by atoms with Crippen LogP contribution in [-0.2, 0) is 11.3 Å². The molecule has 3 nitrogen and oxygen atoms in total. The Labute approximate surface area is 118 Å². The molecule has 1 aliphatic heterocycles. The van der Waals surface area contributed by atoms with E-state index in [1.165, 1.54) is 23.1 Å². The highest BCUT2D eigenvalue weighted by atomic mass is 32.2. The van der Waals surface area contributed by atoms with Gasteiger partial charge in [-0.1, -0.05) is 24.3 Å². The molecule has 0 bridgehead atoms. The molecular formula is C15H19NO2S. The van der Waals surface area contributed by atoms with Gasteiger partial charge < -0.3 is 5.11 Å². The van der Waals surface area contributed by atoms with Gasteiger partial charge in [0.25, 0.3) is 0 Å². The predicted octanol–water partition coefficient (Wildman–Crippen LogP) is 2.72. The molecule has 1 N–H and O–H groups in total. The van der Waals surface area contributed by atoms with Crippen LogP contribution in [0.15, 0.2) is 30.3 Å². The van der Waals surface area contributed by atoms with Crippen molar-refractivity contribution in [1.82, 2.24) is 4.90 Å². The predicted molar refractivity (Wildman–Crippen MR) is 80.3 cm³/mol. The Bertz CT molecular complexity index is 473. The van der Waals surface area contributed by atoms with Crippen LogP contribution in [0.5, 0.6) is 0 Å². The van der Waals surface area contributed by atoms with Crippen LogP contribution >= 0.6 is 11.8 Å². The summed E-state index contributed by atoms with van der Waals surface area (Å²) in [6.45, 7) is 4.24. The minimum absolute atomic E-state index is 0.579. The molecule has 0 aliphatic carbocycles. The largest absolute Gasteiger partial charge is 0.478 e. The van der Waals surface area contributed by atoms with Crippen molar-refractivity contribution in [3.63, 3.8) is 0 Å². The molecule has 0 saturated carbocycles. The number of nitrogens with zero attached hydrogens (tertiary/aromatic N) is 1. The molecule has 1 fully saturated rings. The van der Waals surface area contributed by atoms with Crippen molar-refractivity contribution in [1.29, 1.82) is 0 Å². The van der Waals surface area contributed by atoms with E-state index in [-0.39, 0.29) is 0 Å². The summed E-state index contributed by atoms with van der Waals surface area (Å²) in [6, 6.07) is 8.58. The number of hydrogen-bond acceptors (Lipinski definition) is 3. The maximum atomic E-state index is 10.6. The third kappa shape index (κ3) is 4.11. The molecule has 0 aromatic heterocycles. The molecule has 0 spiro atoms. The van der Waals surface area contributed by atoms with Crippen molar-refractivity contribution < 1.29 is 9.90 Å². The van der Waals surface area contributed by atoms with E-state index in [1.807, 2.05) is 30.0 Å². The SMILES string of the molecule is CC1CSCCN1Cc1ccccc1C=CC(=O)O. The Kier molecular flexibility index (Phi) is 5.05. The molecule has 1 unspecified atom stereocenters. The van der Waals surface area contributed by atoms with Gasteiger partial charge in [-0.25, -0.2) is 4.79 Å². The van der Waals surface area contributed by atoms with Gasteiger partial charge in [-0.3, -0.25) is 4.90 Å². The van der Waals surface area contributed by atoms with Crippen LogP contribution in [0.4, 0.5) is 0 Å². The van der Waals surface area contributed by atoms with Gasteiger partial charge >= 0.3 is 5.97 Å². The van der Waals surface area contributed by atoms with Crippen LogP contribution in [-0.4, -0.2) is 40.1 Å². The molecule has 19 heavy (non-hydrogen) atoms. The van der Waals surface area contributed by atoms with Crippen LogP contribution in [0.25, 0.3) is 6.08 Å². The number of aliphatic carboxylic acids is 1. The summed E-state index contributed by atoms with van der Waals surface area (Å²) in [5.74, 6) is 1.45. The van der Waals surface area contributed by atoms with Crippen molar-refractivity contribution in [2.75, 3.05) is 18.1 Å². The summed E-state index contributed by atoms with van der Waals surface area (Å²) in [5, 5.41) is 8.73. The molecule has 1 aromatic rings. The topological polar surface area (TPSA) is 40.5 Å². The number of benzene rings is 1. The highest BCUT2D eigenvalue weighted by molar-refractivity contribution is 7.99. The standard InChI is InChI=1S/C15H19NO2S/c1-12-11-19-9-8-16(12)10-14-5-3-2-4-13(14)6-7-15(17)18/h2-7,12H,8-11H2,1H3,(H,17,18). The Morgan fingerprint density at radius 2 is 2.32 bits per heavy atom. The third-order valence-corrected chi connectivity index (χ3v) is 4.53. The molecular weight excluding hydrogens is 258 g/mol. The zero-order chi connectivity index (χ0) is 13.7. The summed E-state index contributed by atoms with van der Waals surface area (Å²) >= 11 is 2.00.